The highest BCUT2D eigenvalue weighted by Crippen LogP contribution is 2.61. The van der Waals surface area contributed by atoms with Crippen molar-refractivity contribution in [1.29, 1.82) is 0 Å². The Morgan fingerprint density at radius 3 is 2.29 bits per heavy atom. The van der Waals surface area contributed by atoms with E-state index in [4.69, 9.17) is 19.5 Å². The summed E-state index contributed by atoms with van der Waals surface area (Å²) in [6, 6.07) is 0. The van der Waals surface area contributed by atoms with E-state index in [9.17, 15) is 57.9 Å². The van der Waals surface area contributed by atoms with Gasteiger partial charge in [-0.3, -0.25) is 32.5 Å². The summed E-state index contributed by atoms with van der Waals surface area (Å²) in [7, 11) is -16.4. The van der Waals surface area contributed by atoms with E-state index in [0.29, 0.717) is 5.75 Å². The zero-order chi connectivity index (χ0) is 46.8. The highest BCUT2D eigenvalue weighted by molar-refractivity contribution is 8.14. The van der Waals surface area contributed by atoms with Crippen LogP contribution in [-0.4, -0.2) is 123 Å². The molecule has 7 atom stereocenters. The smallest absolute Gasteiger partial charge is 0.386 e. The number of unbranched alkanes of at least 4 members (excludes halogenated alkanes) is 9. The zero-order valence-corrected chi connectivity index (χ0v) is 38.8. The molecule has 1 aliphatic heterocycles. The predicted molar refractivity (Wildman–Crippen MR) is 228 cm³/mol. The van der Waals surface area contributed by atoms with Gasteiger partial charge in [0.05, 0.1) is 19.5 Å². The molecule has 0 radical (unpaired) electrons. The van der Waals surface area contributed by atoms with Gasteiger partial charge in [-0.1, -0.05) is 90.0 Å². The third-order valence-electron chi connectivity index (χ3n) is 9.47. The molecular weight excluding hydrogens is 915 g/mol. The molecule has 358 valence electrons. The van der Waals surface area contributed by atoms with Gasteiger partial charge >= 0.3 is 23.5 Å². The summed E-state index contributed by atoms with van der Waals surface area (Å²) in [6.07, 6.45) is 8.37. The van der Waals surface area contributed by atoms with E-state index in [1.54, 1.807) is 6.08 Å². The maximum atomic E-state index is 12.7. The molecule has 1 saturated heterocycles. The lowest BCUT2D eigenvalue weighted by Gasteiger charge is -2.30. The number of nitrogen functional groups attached to an aromatic ring is 1. The van der Waals surface area contributed by atoms with Crippen molar-refractivity contribution in [2.24, 2.45) is 5.41 Å². The zero-order valence-electron chi connectivity index (χ0n) is 35.3. The molecule has 3 heterocycles. The fourth-order valence-corrected chi connectivity index (χ4v) is 9.51. The minimum Gasteiger partial charge on any atom is -0.386 e. The van der Waals surface area contributed by atoms with Crippen molar-refractivity contribution in [3.8, 4) is 0 Å². The lowest BCUT2D eigenvalue weighted by atomic mass is 9.87. The van der Waals surface area contributed by atoms with E-state index in [0.717, 1.165) is 48.2 Å². The number of nitrogens with two attached hydrogens (primary N) is 1. The summed E-state index contributed by atoms with van der Waals surface area (Å²) < 4.78 is 62.3. The summed E-state index contributed by atoms with van der Waals surface area (Å²) in [4.78, 5) is 88.0. The number of imidazole rings is 1. The van der Waals surface area contributed by atoms with Crippen LogP contribution in [0.3, 0.4) is 0 Å². The summed E-state index contributed by atoms with van der Waals surface area (Å²) >= 11 is 1.06. The molecule has 63 heavy (non-hydrogen) atoms. The van der Waals surface area contributed by atoms with Gasteiger partial charge < -0.3 is 50.9 Å². The molecule has 1 aliphatic rings. The fourth-order valence-electron chi connectivity index (χ4n) is 6.08. The molecule has 2 amide bonds. The van der Waals surface area contributed by atoms with Gasteiger partial charge in [0.2, 0.25) is 16.9 Å². The first-order valence-corrected chi connectivity index (χ1v) is 25.8. The SMILES string of the molecule is CCCCCCCCCCCC=CC(=O)SCCNC(=O)CCNC(=O)C(O)C(C)(C)COP(=O)(O)OP(=O)(O)OCC1OC(n2cnc3c(N)ncnc32)C(O)C1OP(=O)(O)O. The molecule has 7 unspecified atom stereocenters. The van der Waals surface area contributed by atoms with Crippen molar-refractivity contribution in [3.05, 3.63) is 24.8 Å². The van der Waals surface area contributed by atoms with Crippen molar-refractivity contribution in [1.82, 2.24) is 30.2 Å². The van der Waals surface area contributed by atoms with Crippen LogP contribution < -0.4 is 16.4 Å². The van der Waals surface area contributed by atoms with Gasteiger partial charge in [0.1, 0.15) is 36.3 Å². The van der Waals surface area contributed by atoms with Crippen LogP contribution in [0.4, 0.5) is 5.82 Å². The van der Waals surface area contributed by atoms with Gasteiger partial charge in [-0.05, 0) is 18.9 Å². The van der Waals surface area contributed by atoms with Gasteiger partial charge in [-0.2, -0.15) is 4.31 Å². The first kappa shape index (κ1) is 54.6. The van der Waals surface area contributed by atoms with E-state index in [-0.39, 0.29) is 41.6 Å². The summed E-state index contributed by atoms with van der Waals surface area (Å²) in [5.41, 5.74) is 4.28. The van der Waals surface area contributed by atoms with Crippen LogP contribution in [0.15, 0.2) is 24.8 Å². The number of thioether (sulfide) groups is 1. The highest BCUT2D eigenvalue weighted by Gasteiger charge is 2.50. The van der Waals surface area contributed by atoms with E-state index in [1.807, 2.05) is 6.08 Å². The number of carbonyl (C=O) groups is 3. The largest absolute Gasteiger partial charge is 0.481 e. The number of allylic oxidation sites excluding steroid dienone is 1. The number of nitrogens with zero attached hydrogens (tertiary/aromatic N) is 4. The lowest BCUT2D eigenvalue weighted by molar-refractivity contribution is -0.137. The Hall–Kier alpha value is -2.70. The van der Waals surface area contributed by atoms with Crippen LogP contribution in [0, 0.1) is 5.41 Å². The molecule has 0 aromatic carbocycles. The van der Waals surface area contributed by atoms with Crippen LogP contribution in [0.2, 0.25) is 0 Å². The number of aliphatic hydroxyl groups is 2. The number of hydrogen-bond donors (Lipinski definition) is 9. The Morgan fingerprint density at radius 2 is 1.62 bits per heavy atom. The van der Waals surface area contributed by atoms with Crippen molar-refractivity contribution in [2.45, 2.75) is 122 Å². The number of phosphoric acid groups is 3. The topological polar surface area (TPSA) is 364 Å². The van der Waals surface area contributed by atoms with Gasteiger partial charge in [-0.25, -0.2) is 28.6 Å². The quantitative estimate of drug-likeness (QED) is 0.0308. The molecule has 2 aromatic rings. The number of phosphoric ester groups is 3. The average Bonchev–Trinajstić information content (AvgIpc) is 3.76. The molecule has 0 bridgehead atoms. The first-order valence-electron chi connectivity index (χ1n) is 20.3. The Labute approximate surface area is 368 Å². The summed E-state index contributed by atoms with van der Waals surface area (Å²) in [5, 5.41) is 26.4. The Balaban J connectivity index is 1.37. The molecule has 1 fully saturated rings. The number of amides is 2. The van der Waals surface area contributed by atoms with Crippen molar-refractivity contribution >= 4 is 69.1 Å². The second-order valence-electron chi connectivity index (χ2n) is 15.3. The van der Waals surface area contributed by atoms with Crippen molar-refractivity contribution in [3.63, 3.8) is 0 Å². The maximum Gasteiger partial charge on any atom is 0.481 e. The molecule has 28 heteroatoms. The Morgan fingerprint density at radius 1 is 0.968 bits per heavy atom. The van der Waals surface area contributed by atoms with Gasteiger partial charge in [0, 0.05) is 30.7 Å². The monoisotopic (exact) mass is 975 g/mol. The van der Waals surface area contributed by atoms with Crippen LogP contribution in [0.5, 0.6) is 0 Å². The summed E-state index contributed by atoms with van der Waals surface area (Å²) in [6.45, 7) is 2.72. The van der Waals surface area contributed by atoms with Crippen LogP contribution in [0.25, 0.3) is 11.2 Å². The van der Waals surface area contributed by atoms with E-state index in [1.165, 1.54) is 58.8 Å². The third kappa shape index (κ3) is 19.4. The number of fused-ring (bicyclic) bond motifs is 1. The van der Waals surface area contributed by atoms with Crippen LogP contribution in [0.1, 0.15) is 97.6 Å². The van der Waals surface area contributed by atoms with E-state index < -0.39 is 84.6 Å². The van der Waals surface area contributed by atoms with E-state index >= 15 is 0 Å². The molecule has 0 saturated carbocycles. The number of hydrogen-bond acceptors (Lipinski definition) is 18. The molecule has 2 aromatic heterocycles. The van der Waals surface area contributed by atoms with Gasteiger partial charge in [-0.15, -0.1) is 0 Å². The third-order valence-corrected chi connectivity index (χ3v) is 13.4. The first-order chi connectivity index (χ1) is 29.6. The highest BCUT2D eigenvalue weighted by atomic mass is 32.2. The average molecular weight is 976 g/mol. The Kier molecular flexibility index (Phi) is 22.4. The second-order valence-corrected chi connectivity index (χ2v) is 20.6. The second kappa shape index (κ2) is 25.9. The molecule has 24 nitrogen and oxygen atoms in total. The normalized spacial score (nSPS) is 20.7. The van der Waals surface area contributed by atoms with Gasteiger partial charge in [0.15, 0.2) is 17.7 Å². The Bertz CT molecular complexity index is 1970. The number of carbonyl (C=O) groups excluding carboxylic acids is 3. The number of rotatable bonds is 30. The predicted octanol–water partition coefficient (Wildman–Crippen LogP) is 3.14. The van der Waals surface area contributed by atoms with Crippen molar-refractivity contribution < 1.29 is 80.5 Å². The van der Waals surface area contributed by atoms with Crippen LogP contribution in [-0.2, 0) is 50.7 Å². The lowest BCUT2D eigenvalue weighted by Crippen LogP contribution is -2.46. The maximum absolute atomic E-state index is 12.7. The molecule has 0 spiro atoms. The number of aliphatic hydroxyl groups excluding tert-OH is 2. The minimum absolute atomic E-state index is 0.0320. The summed E-state index contributed by atoms with van der Waals surface area (Å²) in [5.74, 6) is -1.10. The standard InChI is InChI=1S/C35H60N7O17P3S/c1-4-5-6-7-8-9-10-11-12-13-14-15-26(44)63-19-18-37-25(43)16-17-38-33(47)30(46)35(2,3)21-56-62(53,54)59-61(51,52)55-20-24-29(58-60(48,49)50)28(45)34(57-24)42-23-41-27-31(36)39-22-40-32(27)42/h14-15,22-24,28-30,34,45-46H,4-13,16-21H2,1-3H3,(H,37,43)(H,38,47)(H,51,52)(H,53,54)(H2,36,39,40)(H2,48,49,50). The number of aromatic nitrogens is 4. The number of nitrogens with one attached hydrogen (secondary N) is 2. The fraction of sp³-hybridized carbons (Fsp3) is 0.714. The molecule has 3 rings (SSSR count). The molecule has 0 aliphatic carbocycles. The molecular formula is C35H60N7O17P3S. The van der Waals surface area contributed by atoms with Crippen LogP contribution >= 0.6 is 35.2 Å². The van der Waals surface area contributed by atoms with E-state index in [2.05, 4.69) is 41.3 Å². The minimum atomic E-state index is -5.57. The number of ether oxygens (including phenoxy) is 1. The van der Waals surface area contributed by atoms with Gasteiger partial charge in [0.25, 0.3) is 0 Å². The number of anilines is 1. The van der Waals surface area contributed by atoms with Crippen molar-refractivity contribution in [2.75, 3.05) is 37.8 Å². The molecule has 10 N–H and O–H groups in total.